The van der Waals surface area contributed by atoms with Crippen LogP contribution in [0.25, 0.3) is 5.57 Å². The average Bonchev–Trinajstić information content (AvgIpc) is 2.21. The minimum absolute atomic E-state index is 0.276. The van der Waals surface area contributed by atoms with Crippen LogP contribution in [0.3, 0.4) is 0 Å². The fourth-order valence-electron chi connectivity index (χ4n) is 1.16. The Morgan fingerprint density at radius 3 is 2.21 bits per heavy atom. The molecule has 0 amide bonds. The molecule has 0 saturated heterocycles. The maximum absolute atomic E-state index is 9.21. The second-order valence-electron chi connectivity index (χ2n) is 2.88. The van der Waals surface area contributed by atoms with Gasteiger partial charge in [-0.1, -0.05) is 12.1 Å². The van der Waals surface area contributed by atoms with E-state index in [1.54, 1.807) is 18.2 Å². The minimum atomic E-state index is -0.361. The van der Waals surface area contributed by atoms with Crippen LogP contribution >= 0.6 is 20.7 Å². The summed E-state index contributed by atoms with van der Waals surface area (Å²) in [6.07, 6.45) is 3.64. The predicted molar refractivity (Wildman–Crippen MR) is 66.9 cm³/mol. The molecule has 1 aromatic carbocycles. The van der Waals surface area contributed by atoms with Gasteiger partial charge in [0, 0.05) is 0 Å². The second kappa shape index (κ2) is 3.96. The number of hydrogen-bond acceptors (Lipinski definition) is 2. The summed E-state index contributed by atoms with van der Waals surface area (Å²) in [5, 5.41) is 18.3. The van der Waals surface area contributed by atoms with Gasteiger partial charge in [-0.15, -0.1) is 0 Å². The molecule has 0 aromatic heterocycles. The lowest BCUT2D eigenvalue weighted by Crippen LogP contribution is -1.86. The quantitative estimate of drug-likeness (QED) is 0.783. The van der Waals surface area contributed by atoms with E-state index in [1.807, 2.05) is 18.2 Å². The monoisotopic (exact) mass is 300 g/mol. The maximum Gasteiger partial charge on any atom is 0.147 e. The molecule has 1 aliphatic rings. The van der Waals surface area contributed by atoms with E-state index in [0.29, 0.717) is 3.77 Å². The third-order valence-corrected chi connectivity index (χ3v) is 3.87. The van der Waals surface area contributed by atoms with Gasteiger partial charge in [-0.05, 0) is 60.2 Å². The van der Waals surface area contributed by atoms with E-state index in [-0.39, 0.29) is 26.5 Å². The topological polar surface area (TPSA) is 40.5 Å². The molecule has 2 nitrogen and oxygen atoms in total. The molecule has 0 bridgehead atoms. The first kappa shape index (κ1) is 9.45. The Bertz CT molecular complexity index is 427. The highest BCUT2D eigenvalue weighted by atomic mass is 127. The molecule has 0 spiro atoms. The van der Waals surface area contributed by atoms with Gasteiger partial charge in [-0.2, -0.15) is 0 Å². The van der Waals surface area contributed by atoms with Crippen LogP contribution < -0.4 is 0 Å². The van der Waals surface area contributed by atoms with Gasteiger partial charge >= 0.3 is 0 Å². The third kappa shape index (κ3) is 2.04. The molecule has 1 aliphatic heterocycles. The minimum Gasteiger partial charge on any atom is -0.508 e. The van der Waals surface area contributed by atoms with Crippen LogP contribution in [0.1, 0.15) is 5.56 Å². The first-order valence-electron chi connectivity index (χ1n) is 4.13. The van der Waals surface area contributed by atoms with E-state index in [1.165, 1.54) is 0 Å². The number of allylic oxidation sites excluding steroid dienone is 3. The highest BCUT2D eigenvalue weighted by molar-refractivity contribution is 14.2. The lowest BCUT2D eigenvalue weighted by atomic mass is 10.1. The zero-order valence-corrected chi connectivity index (χ0v) is 9.47. The number of halogens is 1. The molecule has 2 N–H and O–H groups in total. The molecule has 2 rings (SSSR count). The highest BCUT2D eigenvalue weighted by Crippen LogP contribution is 2.24. The molecule has 1 heterocycles. The van der Waals surface area contributed by atoms with Gasteiger partial charge in [-0.3, -0.25) is 0 Å². The first-order chi connectivity index (χ1) is 6.75. The van der Waals surface area contributed by atoms with Crippen LogP contribution in [0.5, 0.6) is 5.75 Å². The van der Waals surface area contributed by atoms with E-state index in [9.17, 15) is 5.11 Å². The van der Waals surface area contributed by atoms with Crippen molar-refractivity contribution in [2.75, 3.05) is 0 Å². The summed E-state index contributed by atoms with van der Waals surface area (Å²) < 4.78 is 2.56. The van der Waals surface area contributed by atoms with Crippen LogP contribution in [0, 0.1) is 0 Å². The number of phenols is 1. The van der Waals surface area contributed by atoms with Gasteiger partial charge < -0.3 is 10.2 Å². The standard InChI is InChI=1S/C11H9IO2/c13-10-4-1-8(2-5-10)9-3-6-11(14)12-7-9/h1-7,13-14H. The maximum atomic E-state index is 9.21. The molecule has 14 heavy (non-hydrogen) atoms. The van der Waals surface area contributed by atoms with Gasteiger partial charge in [0.25, 0.3) is 0 Å². The molecule has 0 radical (unpaired) electrons. The SMILES string of the molecule is OC1=CC=C(c2ccc(O)cc2)C=I1. The lowest BCUT2D eigenvalue weighted by Gasteiger charge is -2.04. The summed E-state index contributed by atoms with van der Waals surface area (Å²) >= 11 is -0.361. The van der Waals surface area contributed by atoms with Crippen LogP contribution in [-0.2, 0) is 0 Å². The molecule has 0 unspecified atom stereocenters. The Hall–Kier alpha value is -1.10. The molecule has 0 aliphatic carbocycles. The summed E-state index contributed by atoms with van der Waals surface area (Å²) in [5.74, 6) is 0.276. The Balaban J connectivity index is 2.34. The van der Waals surface area contributed by atoms with Crippen LogP contribution in [0.15, 0.2) is 40.2 Å². The Labute approximate surface area is 92.0 Å². The summed E-state index contributed by atoms with van der Waals surface area (Å²) in [7, 11) is 0. The summed E-state index contributed by atoms with van der Waals surface area (Å²) in [5.41, 5.74) is 2.20. The largest absolute Gasteiger partial charge is 0.508 e. The fourth-order valence-corrected chi connectivity index (χ4v) is 2.77. The van der Waals surface area contributed by atoms with Crippen molar-refractivity contribution in [3.05, 3.63) is 45.7 Å². The molecule has 3 heteroatoms. The van der Waals surface area contributed by atoms with Crippen molar-refractivity contribution < 1.29 is 10.2 Å². The van der Waals surface area contributed by atoms with Gasteiger partial charge in [-0.25, -0.2) is 0 Å². The van der Waals surface area contributed by atoms with E-state index in [0.717, 1.165) is 11.1 Å². The number of phenolic OH excluding ortho intramolecular Hbond substituents is 1. The smallest absolute Gasteiger partial charge is 0.147 e. The molecule has 0 fully saturated rings. The number of aliphatic hydroxyl groups is 1. The van der Waals surface area contributed by atoms with Crippen LogP contribution in [-0.4, -0.2) is 14.2 Å². The van der Waals surface area contributed by atoms with Gasteiger partial charge in [0.15, 0.2) is 0 Å². The van der Waals surface area contributed by atoms with Crippen molar-refractivity contribution in [2.24, 2.45) is 0 Å². The number of aromatic hydroxyl groups is 1. The third-order valence-electron chi connectivity index (χ3n) is 1.88. The summed E-state index contributed by atoms with van der Waals surface area (Å²) in [6, 6.07) is 7.08. The van der Waals surface area contributed by atoms with Crippen molar-refractivity contribution in [1.82, 2.24) is 0 Å². The van der Waals surface area contributed by atoms with Crippen LogP contribution in [0.2, 0.25) is 0 Å². The van der Waals surface area contributed by atoms with Crippen molar-refractivity contribution in [3.63, 3.8) is 0 Å². The van der Waals surface area contributed by atoms with Crippen LogP contribution in [0.4, 0.5) is 0 Å². The number of aliphatic hydroxyl groups excluding tert-OH is 1. The normalized spacial score (nSPS) is 15.4. The first-order valence-corrected chi connectivity index (χ1v) is 6.45. The van der Waals surface area contributed by atoms with Crippen molar-refractivity contribution in [2.45, 2.75) is 0 Å². The average molecular weight is 300 g/mol. The van der Waals surface area contributed by atoms with Crippen molar-refractivity contribution in [1.29, 1.82) is 0 Å². The molecular weight excluding hydrogens is 291 g/mol. The number of rotatable bonds is 1. The molecule has 72 valence electrons. The Kier molecular flexibility index (Phi) is 2.67. The Morgan fingerprint density at radius 2 is 1.64 bits per heavy atom. The highest BCUT2D eigenvalue weighted by Gasteiger charge is 2.01. The fraction of sp³-hybridized carbons (Fsp3) is 0. The number of benzene rings is 1. The van der Waals surface area contributed by atoms with E-state index < -0.39 is 0 Å². The van der Waals surface area contributed by atoms with Crippen molar-refractivity contribution in [3.8, 4) is 5.75 Å². The molecule has 0 saturated carbocycles. The van der Waals surface area contributed by atoms with E-state index in [4.69, 9.17) is 5.11 Å². The molecular formula is C11H9IO2. The zero-order chi connectivity index (χ0) is 9.97. The summed E-state index contributed by atoms with van der Waals surface area (Å²) in [6.45, 7) is 0. The van der Waals surface area contributed by atoms with E-state index in [2.05, 4.69) is 4.01 Å². The zero-order valence-electron chi connectivity index (χ0n) is 7.31. The predicted octanol–water partition coefficient (Wildman–Crippen LogP) is 2.96. The summed E-state index contributed by atoms with van der Waals surface area (Å²) in [4.78, 5) is 0. The van der Waals surface area contributed by atoms with E-state index >= 15 is 0 Å². The number of hydrogen-bond donors (Lipinski definition) is 2. The van der Waals surface area contributed by atoms with Gasteiger partial charge in [0.1, 0.15) is 9.52 Å². The van der Waals surface area contributed by atoms with Gasteiger partial charge in [0.05, 0.1) is 0 Å². The van der Waals surface area contributed by atoms with Gasteiger partial charge in [0.2, 0.25) is 0 Å². The second-order valence-corrected chi connectivity index (χ2v) is 5.23. The Morgan fingerprint density at radius 1 is 0.929 bits per heavy atom. The van der Waals surface area contributed by atoms with Crippen molar-refractivity contribution >= 4 is 30.3 Å². The molecule has 0 atom stereocenters. The lowest BCUT2D eigenvalue weighted by molar-refractivity contribution is 0.465. The molecule has 1 aromatic rings.